The second-order valence-electron chi connectivity index (χ2n) is 8.97. The normalized spacial score (nSPS) is 15.0. The van der Waals surface area contributed by atoms with E-state index in [1.54, 1.807) is 18.4 Å². The van der Waals surface area contributed by atoms with Crippen molar-refractivity contribution in [3.63, 3.8) is 0 Å². The Kier molecular flexibility index (Phi) is 7.51. The van der Waals surface area contributed by atoms with Crippen LogP contribution in [-0.2, 0) is 9.59 Å². The van der Waals surface area contributed by atoms with Crippen molar-refractivity contribution in [3.05, 3.63) is 83.1 Å². The van der Waals surface area contributed by atoms with Gasteiger partial charge in [-0.25, -0.2) is 4.39 Å². The number of hydrogen-bond donors (Lipinski definition) is 2. The van der Waals surface area contributed by atoms with Crippen molar-refractivity contribution in [2.24, 2.45) is 0 Å². The number of aryl methyl sites for hydroxylation is 3. The Balaban J connectivity index is 1.37. The summed E-state index contributed by atoms with van der Waals surface area (Å²) in [6, 6.07) is 13.9. The molecule has 35 heavy (non-hydrogen) atoms. The van der Waals surface area contributed by atoms with Crippen LogP contribution in [0.4, 0.5) is 15.8 Å². The first kappa shape index (κ1) is 24.5. The summed E-state index contributed by atoms with van der Waals surface area (Å²) >= 11 is 0. The van der Waals surface area contributed by atoms with Crippen molar-refractivity contribution in [1.82, 2.24) is 10.2 Å². The van der Waals surface area contributed by atoms with Gasteiger partial charge < -0.3 is 20.0 Å². The van der Waals surface area contributed by atoms with Crippen LogP contribution in [-0.4, -0.2) is 49.4 Å². The molecule has 1 saturated heterocycles. The maximum atomic E-state index is 13.3. The first-order chi connectivity index (χ1) is 16.8. The number of nitrogens with one attached hydrogen (secondary N) is 2. The fraction of sp³-hybridized carbons (Fsp3) is 0.333. The summed E-state index contributed by atoms with van der Waals surface area (Å²) in [5.41, 5.74) is 4.57. The van der Waals surface area contributed by atoms with Crippen molar-refractivity contribution in [2.75, 3.05) is 42.9 Å². The monoisotopic (exact) mass is 478 g/mol. The quantitative estimate of drug-likeness (QED) is 0.525. The number of nitrogens with zero attached hydrogens (tertiary/aromatic N) is 2. The third kappa shape index (κ3) is 5.89. The van der Waals surface area contributed by atoms with Gasteiger partial charge in [0.25, 0.3) is 0 Å². The van der Waals surface area contributed by atoms with E-state index < -0.39 is 11.8 Å². The van der Waals surface area contributed by atoms with Gasteiger partial charge >= 0.3 is 11.8 Å². The van der Waals surface area contributed by atoms with Gasteiger partial charge in [0.2, 0.25) is 0 Å². The third-order valence-electron chi connectivity index (χ3n) is 6.40. The Bertz CT molecular complexity index is 1150. The molecule has 8 heteroatoms. The molecule has 0 radical (unpaired) electrons. The van der Waals surface area contributed by atoms with Crippen molar-refractivity contribution in [1.29, 1.82) is 0 Å². The summed E-state index contributed by atoms with van der Waals surface area (Å²) in [6.07, 6.45) is 1.61. The summed E-state index contributed by atoms with van der Waals surface area (Å²) in [5.74, 6) is -0.908. The van der Waals surface area contributed by atoms with E-state index in [0.29, 0.717) is 5.69 Å². The van der Waals surface area contributed by atoms with Crippen LogP contribution >= 0.6 is 0 Å². The highest BCUT2D eigenvalue weighted by Gasteiger charge is 2.28. The molecule has 1 aromatic heterocycles. The van der Waals surface area contributed by atoms with Gasteiger partial charge in [0, 0.05) is 44.1 Å². The maximum absolute atomic E-state index is 13.3. The summed E-state index contributed by atoms with van der Waals surface area (Å²) in [7, 11) is 0. The molecule has 2 aromatic carbocycles. The Labute approximate surface area is 204 Å². The molecular formula is C27H31FN4O3. The average Bonchev–Trinajstić information content (AvgIpc) is 3.37. The first-order valence-electron chi connectivity index (χ1n) is 11.8. The lowest BCUT2D eigenvalue weighted by Gasteiger charge is -2.39. The molecule has 1 unspecified atom stereocenters. The molecule has 4 rings (SSSR count). The van der Waals surface area contributed by atoms with Crippen LogP contribution < -0.4 is 15.5 Å². The highest BCUT2D eigenvalue weighted by molar-refractivity contribution is 6.39. The van der Waals surface area contributed by atoms with E-state index in [-0.39, 0.29) is 18.4 Å². The van der Waals surface area contributed by atoms with Crippen LogP contribution in [0.3, 0.4) is 0 Å². The van der Waals surface area contributed by atoms with Gasteiger partial charge in [-0.2, -0.15) is 0 Å². The number of benzene rings is 2. The number of hydrogen-bond acceptors (Lipinski definition) is 5. The zero-order valence-corrected chi connectivity index (χ0v) is 20.3. The molecule has 7 nitrogen and oxygen atoms in total. The van der Waals surface area contributed by atoms with Crippen molar-refractivity contribution >= 4 is 23.2 Å². The number of anilines is 2. The Hall–Kier alpha value is -3.65. The molecule has 2 heterocycles. The lowest BCUT2D eigenvalue weighted by molar-refractivity contribution is -0.136. The molecule has 0 bridgehead atoms. The largest absolute Gasteiger partial charge is 0.468 e. The number of carbonyl (C=O) groups excluding carboxylic acids is 2. The van der Waals surface area contributed by atoms with E-state index in [1.165, 1.54) is 12.1 Å². The SMILES string of the molecule is Cc1cc(C)c(NC(=O)C(=O)NCC(c2ccco2)N2CCN(c3ccc(F)cc3)CC2)c(C)c1. The smallest absolute Gasteiger partial charge is 0.313 e. The molecule has 0 aliphatic carbocycles. The van der Waals surface area contributed by atoms with Gasteiger partial charge in [-0.3, -0.25) is 14.5 Å². The van der Waals surface area contributed by atoms with E-state index in [4.69, 9.17) is 4.42 Å². The molecule has 0 saturated carbocycles. The predicted octanol–water partition coefficient (Wildman–Crippen LogP) is 3.96. The van der Waals surface area contributed by atoms with E-state index >= 15 is 0 Å². The van der Waals surface area contributed by atoms with Crippen molar-refractivity contribution < 1.29 is 18.4 Å². The topological polar surface area (TPSA) is 77.8 Å². The number of amides is 2. The number of piperazine rings is 1. The molecule has 2 N–H and O–H groups in total. The standard InChI is InChI=1S/C27H31FN4O3/c1-18-15-19(2)25(20(3)16-18)30-27(34)26(33)29-17-23(24-5-4-14-35-24)32-12-10-31(11-13-32)22-8-6-21(28)7-9-22/h4-9,14-16,23H,10-13,17H2,1-3H3,(H,29,33)(H,30,34). The minimum Gasteiger partial charge on any atom is -0.468 e. The molecular weight excluding hydrogens is 447 g/mol. The lowest BCUT2D eigenvalue weighted by atomic mass is 10.1. The number of halogens is 1. The third-order valence-corrected chi connectivity index (χ3v) is 6.40. The van der Waals surface area contributed by atoms with Crippen LogP contribution in [0.5, 0.6) is 0 Å². The van der Waals surface area contributed by atoms with Gasteiger partial charge in [-0.15, -0.1) is 0 Å². The van der Waals surface area contributed by atoms with Crippen LogP contribution in [0, 0.1) is 26.6 Å². The van der Waals surface area contributed by atoms with Crippen LogP contribution in [0.15, 0.2) is 59.2 Å². The van der Waals surface area contributed by atoms with Gasteiger partial charge in [-0.05, 0) is 68.3 Å². The molecule has 1 atom stereocenters. The zero-order chi connectivity index (χ0) is 24.9. The van der Waals surface area contributed by atoms with Gasteiger partial charge in [-0.1, -0.05) is 17.7 Å². The van der Waals surface area contributed by atoms with Gasteiger partial charge in [0.1, 0.15) is 11.6 Å². The molecule has 0 spiro atoms. The van der Waals surface area contributed by atoms with Crippen molar-refractivity contribution in [3.8, 4) is 0 Å². The van der Waals surface area contributed by atoms with Gasteiger partial charge in [0.05, 0.1) is 12.3 Å². The fourth-order valence-corrected chi connectivity index (χ4v) is 4.65. The Morgan fingerprint density at radius 1 is 0.971 bits per heavy atom. The first-order valence-corrected chi connectivity index (χ1v) is 11.8. The number of rotatable bonds is 6. The molecule has 3 aromatic rings. The van der Waals surface area contributed by atoms with E-state index in [0.717, 1.165) is 54.3 Å². The molecule has 184 valence electrons. The minimum atomic E-state index is -0.695. The lowest BCUT2D eigenvalue weighted by Crippen LogP contribution is -2.50. The molecule has 1 aliphatic heterocycles. The number of furan rings is 1. The maximum Gasteiger partial charge on any atom is 0.313 e. The summed E-state index contributed by atoms with van der Waals surface area (Å²) in [5, 5.41) is 5.53. The highest BCUT2D eigenvalue weighted by atomic mass is 19.1. The fourth-order valence-electron chi connectivity index (χ4n) is 4.65. The van der Waals surface area contributed by atoms with Crippen LogP contribution in [0.1, 0.15) is 28.5 Å². The Morgan fingerprint density at radius 3 is 2.23 bits per heavy atom. The average molecular weight is 479 g/mol. The molecule has 1 aliphatic rings. The van der Waals surface area contributed by atoms with E-state index in [2.05, 4.69) is 20.4 Å². The van der Waals surface area contributed by atoms with Crippen LogP contribution in [0.2, 0.25) is 0 Å². The summed E-state index contributed by atoms with van der Waals surface area (Å²) in [4.78, 5) is 29.7. The summed E-state index contributed by atoms with van der Waals surface area (Å²) in [6.45, 7) is 9.01. The number of carbonyl (C=O) groups is 2. The van der Waals surface area contributed by atoms with Gasteiger partial charge in [0.15, 0.2) is 0 Å². The van der Waals surface area contributed by atoms with E-state index in [9.17, 15) is 14.0 Å². The molecule has 2 amide bonds. The summed E-state index contributed by atoms with van der Waals surface area (Å²) < 4.78 is 18.9. The molecule has 1 fully saturated rings. The zero-order valence-electron chi connectivity index (χ0n) is 20.3. The Morgan fingerprint density at radius 2 is 1.63 bits per heavy atom. The second kappa shape index (κ2) is 10.7. The van der Waals surface area contributed by atoms with Crippen LogP contribution in [0.25, 0.3) is 0 Å². The predicted molar refractivity (Wildman–Crippen MR) is 134 cm³/mol. The van der Waals surface area contributed by atoms with Crippen molar-refractivity contribution in [2.45, 2.75) is 26.8 Å². The second-order valence-corrected chi connectivity index (χ2v) is 8.97. The van der Waals surface area contributed by atoms with E-state index in [1.807, 2.05) is 45.0 Å². The minimum absolute atomic E-state index is 0.208. The highest BCUT2D eigenvalue weighted by Crippen LogP contribution is 2.25.